The number of rotatable bonds is 3. The minimum Gasteiger partial charge on any atom is -0.487 e. The molecule has 1 aliphatic carbocycles. The van der Waals surface area contributed by atoms with Crippen LogP contribution < -0.4 is 10.1 Å². The van der Waals surface area contributed by atoms with E-state index in [9.17, 15) is 0 Å². The average molecular weight is 231 g/mol. The van der Waals surface area contributed by atoms with Crippen molar-refractivity contribution >= 4 is 0 Å². The molecular formula is C15H21NO. The third-order valence-corrected chi connectivity index (χ3v) is 4.10. The summed E-state index contributed by atoms with van der Waals surface area (Å²) in [4.78, 5) is 0. The number of fused-ring (bicyclic) bond motifs is 1. The molecule has 1 unspecified atom stereocenters. The van der Waals surface area contributed by atoms with Gasteiger partial charge in [0, 0.05) is 18.0 Å². The van der Waals surface area contributed by atoms with Gasteiger partial charge in [-0.25, -0.2) is 0 Å². The smallest absolute Gasteiger partial charge is 0.124 e. The largest absolute Gasteiger partial charge is 0.487 e. The second-order valence-corrected chi connectivity index (χ2v) is 5.39. The van der Waals surface area contributed by atoms with Crippen LogP contribution in [0.1, 0.15) is 50.6 Å². The lowest BCUT2D eigenvalue weighted by Crippen LogP contribution is -2.49. The van der Waals surface area contributed by atoms with Crippen LogP contribution in [0.15, 0.2) is 24.3 Å². The van der Waals surface area contributed by atoms with Gasteiger partial charge in [-0.3, -0.25) is 0 Å². The molecule has 0 aromatic heterocycles. The van der Waals surface area contributed by atoms with Gasteiger partial charge in [0.1, 0.15) is 11.4 Å². The fourth-order valence-corrected chi connectivity index (χ4v) is 3.00. The number of nitrogens with one attached hydrogen (secondary N) is 1. The van der Waals surface area contributed by atoms with Crippen molar-refractivity contribution in [3.63, 3.8) is 0 Å². The highest BCUT2D eigenvalue weighted by Crippen LogP contribution is 2.48. The minimum atomic E-state index is 0.153. The second-order valence-electron chi connectivity index (χ2n) is 5.39. The normalized spacial score (nSPS) is 24.9. The predicted octanol–water partition coefficient (Wildman–Crippen LogP) is 3.43. The van der Waals surface area contributed by atoms with Crippen LogP contribution in [0.3, 0.4) is 0 Å². The van der Waals surface area contributed by atoms with E-state index in [-0.39, 0.29) is 5.60 Å². The standard InChI is InChI=1S/C15H21NO/c1-2-10-16-13-11-15(8-5-9-15)17-14-7-4-3-6-12(13)14/h3-4,6-7,13,16H,2,5,8-11H2,1H3. The van der Waals surface area contributed by atoms with Crippen molar-refractivity contribution in [1.29, 1.82) is 0 Å². The highest BCUT2D eigenvalue weighted by atomic mass is 16.5. The minimum absolute atomic E-state index is 0.153. The van der Waals surface area contributed by atoms with Crippen LogP contribution in [-0.2, 0) is 0 Å². The Bertz CT molecular complexity index is 398. The first-order valence-corrected chi connectivity index (χ1v) is 6.84. The number of ether oxygens (including phenoxy) is 1. The summed E-state index contributed by atoms with van der Waals surface area (Å²) in [6, 6.07) is 9.00. The molecule has 3 rings (SSSR count). The van der Waals surface area contributed by atoms with Crippen molar-refractivity contribution in [2.24, 2.45) is 0 Å². The van der Waals surface area contributed by atoms with Gasteiger partial charge in [0.2, 0.25) is 0 Å². The maximum atomic E-state index is 6.23. The Morgan fingerprint density at radius 1 is 1.35 bits per heavy atom. The molecule has 1 heterocycles. The van der Waals surface area contributed by atoms with E-state index in [4.69, 9.17) is 4.74 Å². The molecule has 0 bridgehead atoms. The molecule has 2 heteroatoms. The summed E-state index contributed by atoms with van der Waals surface area (Å²) in [6.07, 6.45) is 6.11. The maximum Gasteiger partial charge on any atom is 0.124 e. The van der Waals surface area contributed by atoms with Crippen molar-refractivity contribution in [3.05, 3.63) is 29.8 Å². The molecule has 1 N–H and O–H groups in total. The van der Waals surface area contributed by atoms with Gasteiger partial charge in [0.15, 0.2) is 0 Å². The van der Waals surface area contributed by atoms with E-state index in [1.807, 2.05) is 0 Å². The first kappa shape index (κ1) is 11.1. The lowest BCUT2D eigenvalue weighted by atomic mass is 9.73. The number of benzene rings is 1. The van der Waals surface area contributed by atoms with Gasteiger partial charge < -0.3 is 10.1 Å². The number of hydrogen-bond donors (Lipinski definition) is 1. The Labute approximate surface area is 103 Å². The zero-order valence-electron chi connectivity index (χ0n) is 10.5. The summed E-state index contributed by atoms with van der Waals surface area (Å²) < 4.78 is 6.23. The second kappa shape index (κ2) is 4.34. The van der Waals surface area contributed by atoms with Crippen molar-refractivity contribution in [1.82, 2.24) is 5.32 Å². The predicted molar refractivity (Wildman–Crippen MR) is 69.3 cm³/mol. The van der Waals surface area contributed by atoms with E-state index in [0.717, 1.165) is 18.7 Å². The molecule has 17 heavy (non-hydrogen) atoms. The fraction of sp³-hybridized carbons (Fsp3) is 0.600. The number of hydrogen-bond acceptors (Lipinski definition) is 2. The fourth-order valence-electron chi connectivity index (χ4n) is 3.00. The summed E-state index contributed by atoms with van der Waals surface area (Å²) >= 11 is 0. The zero-order chi connectivity index (χ0) is 11.7. The molecule has 2 aliphatic rings. The Balaban J connectivity index is 1.86. The van der Waals surface area contributed by atoms with Crippen LogP contribution in [0.4, 0.5) is 0 Å². The van der Waals surface area contributed by atoms with Crippen LogP contribution in [0.5, 0.6) is 5.75 Å². The third kappa shape index (κ3) is 1.95. The van der Waals surface area contributed by atoms with Gasteiger partial charge >= 0.3 is 0 Å². The molecule has 0 amide bonds. The summed E-state index contributed by atoms with van der Waals surface area (Å²) in [7, 11) is 0. The van der Waals surface area contributed by atoms with Crippen LogP contribution in [-0.4, -0.2) is 12.1 Å². The van der Waals surface area contributed by atoms with Crippen LogP contribution in [0, 0.1) is 0 Å². The van der Waals surface area contributed by atoms with Crippen molar-refractivity contribution < 1.29 is 4.74 Å². The first-order chi connectivity index (χ1) is 8.33. The molecule has 1 spiro atoms. The molecule has 2 nitrogen and oxygen atoms in total. The van der Waals surface area contributed by atoms with Crippen molar-refractivity contribution in [3.8, 4) is 5.75 Å². The molecule has 92 valence electrons. The van der Waals surface area contributed by atoms with Gasteiger partial charge in [-0.15, -0.1) is 0 Å². The topological polar surface area (TPSA) is 21.3 Å². The van der Waals surface area contributed by atoms with E-state index in [1.165, 1.54) is 31.2 Å². The average Bonchev–Trinajstić information content (AvgIpc) is 2.33. The summed E-state index contributed by atoms with van der Waals surface area (Å²) in [5, 5.41) is 3.67. The molecular weight excluding hydrogens is 210 g/mol. The molecule has 0 radical (unpaired) electrons. The third-order valence-electron chi connectivity index (χ3n) is 4.10. The van der Waals surface area contributed by atoms with E-state index in [0.29, 0.717) is 6.04 Å². The van der Waals surface area contributed by atoms with E-state index < -0.39 is 0 Å². The Morgan fingerprint density at radius 2 is 2.18 bits per heavy atom. The highest BCUT2D eigenvalue weighted by Gasteiger charge is 2.45. The zero-order valence-corrected chi connectivity index (χ0v) is 10.5. The van der Waals surface area contributed by atoms with Crippen LogP contribution in [0.25, 0.3) is 0 Å². The summed E-state index contributed by atoms with van der Waals surface area (Å²) in [5.74, 6) is 1.10. The van der Waals surface area contributed by atoms with Gasteiger partial charge in [0.25, 0.3) is 0 Å². The monoisotopic (exact) mass is 231 g/mol. The first-order valence-electron chi connectivity index (χ1n) is 6.84. The van der Waals surface area contributed by atoms with E-state index in [1.54, 1.807) is 0 Å². The summed E-state index contributed by atoms with van der Waals surface area (Å²) in [6.45, 7) is 3.31. The molecule has 1 aliphatic heterocycles. The molecule has 1 aromatic rings. The SMILES string of the molecule is CCCNC1CC2(CCC2)Oc2ccccc21. The molecule has 1 saturated carbocycles. The Morgan fingerprint density at radius 3 is 2.88 bits per heavy atom. The lowest BCUT2D eigenvalue weighted by molar-refractivity contribution is -0.0368. The Kier molecular flexibility index (Phi) is 2.83. The van der Waals surface area contributed by atoms with Crippen LogP contribution >= 0.6 is 0 Å². The molecule has 1 fully saturated rings. The lowest BCUT2D eigenvalue weighted by Gasteiger charge is -2.48. The molecule has 1 aromatic carbocycles. The quantitative estimate of drug-likeness (QED) is 0.860. The van der Waals surface area contributed by atoms with Gasteiger partial charge in [0.05, 0.1) is 0 Å². The van der Waals surface area contributed by atoms with Crippen molar-refractivity contribution in [2.45, 2.75) is 50.7 Å². The van der Waals surface area contributed by atoms with Gasteiger partial charge in [-0.1, -0.05) is 25.1 Å². The maximum absolute atomic E-state index is 6.23. The van der Waals surface area contributed by atoms with E-state index >= 15 is 0 Å². The molecule has 0 saturated heterocycles. The van der Waals surface area contributed by atoms with Crippen molar-refractivity contribution in [2.75, 3.05) is 6.54 Å². The van der Waals surface area contributed by atoms with Gasteiger partial charge in [-0.2, -0.15) is 0 Å². The highest BCUT2D eigenvalue weighted by molar-refractivity contribution is 5.39. The van der Waals surface area contributed by atoms with E-state index in [2.05, 4.69) is 36.5 Å². The summed E-state index contributed by atoms with van der Waals surface area (Å²) in [5.41, 5.74) is 1.50. The molecule has 1 atom stereocenters. The Hall–Kier alpha value is -1.02. The van der Waals surface area contributed by atoms with Gasteiger partial charge in [-0.05, 0) is 38.3 Å². The van der Waals surface area contributed by atoms with Crippen LogP contribution in [0.2, 0.25) is 0 Å². The number of para-hydroxylation sites is 1.